The number of carbonyl (C=O) groups is 1. The largest absolute Gasteiger partial charge is 0.455 e. The topological polar surface area (TPSA) is 76.4 Å². The fraction of sp³-hybridized carbons (Fsp3) is 0.105. The van der Waals surface area contributed by atoms with Crippen LogP contribution in [0.15, 0.2) is 74.4 Å². The lowest BCUT2D eigenvalue weighted by Gasteiger charge is -2.05. The molecule has 5 nitrogen and oxygen atoms in total. The van der Waals surface area contributed by atoms with Crippen LogP contribution in [0, 0.1) is 6.92 Å². The normalized spacial score (nSPS) is 11.3. The minimum absolute atomic E-state index is 0.0591. The van der Waals surface area contributed by atoms with Crippen LogP contribution in [0.3, 0.4) is 0 Å². The third kappa shape index (κ3) is 4.23. The van der Waals surface area contributed by atoms with Crippen molar-refractivity contribution in [3.63, 3.8) is 0 Å². The van der Waals surface area contributed by atoms with Gasteiger partial charge in [0.05, 0.1) is 4.90 Å². The summed E-state index contributed by atoms with van der Waals surface area (Å²) in [6.45, 7) is 1.92. The highest BCUT2D eigenvalue weighted by molar-refractivity contribution is 9.10. The summed E-state index contributed by atoms with van der Waals surface area (Å²) in [6, 6.07) is 16.5. The number of sulfone groups is 1. The molecule has 1 amide bonds. The highest BCUT2D eigenvalue weighted by Gasteiger charge is 2.19. The molecular weight excluding hydrogens is 418 g/mol. The molecule has 0 unspecified atom stereocenters. The van der Waals surface area contributed by atoms with E-state index in [9.17, 15) is 13.2 Å². The van der Waals surface area contributed by atoms with Crippen molar-refractivity contribution in [2.24, 2.45) is 0 Å². The third-order valence-corrected chi connectivity index (χ3v) is 6.28. The minimum atomic E-state index is -3.53. The van der Waals surface area contributed by atoms with Crippen molar-refractivity contribution >= 4 is 37.4 Å². The van der Waals surface area contributed by atoms with Crippen molar-refractivity contribution in [3.8, 4) is 0 Å². The van der Waals surface area contributed by atoms with Crippen molar-refractivity contribution in [1.29, 1.82) is 0 Å². The van der Waals surface area contributed by atoms with Crippen molar-refractivity contribution in [1.82, 2.24) is 0 Å². The van der Waals surface area contributed by atoms with Crippen molar-refractivity contribution < 1.29 is 17.6 Å². The minimum Gasteiger partial charge on any atom is -0.455 e. The van der Waals surface area contributed by atoms with E-state index in [1.807, 2.05) is 19.1 Å². The second kappa shape index (κ2) is 7.47. The summed E-state index contributed by atoms with van der Waals surface area (Å²) < 4.78 is 31.1. The first-order chi connectivity index (χ1) is 12.3. The zero-order valence-corrected chi connectivity index (χ0v) is 16.3. The number of benzene rings is 2. The number of anilines is 1. The van der Waals surface area contributed by atoms with Crippen molar-refractivity contribution in [3.05, 3.63) is 82.2 Å². The molecule has 0 aliphatic rings. The summed E-state index contributed by atoms with van der Waals surface area (Å²) in [5.74, 6) is -0.466. The molecule has 0 radical (unpaired) electrons. The Morgan fingerprint density at radius 1 is 1.08 bits per heavy atom. The van der Waals surface area contributed by atoms with Gasteiger partial charge in [-0.1, -0.05) is 34.1 Å². The molecule has 1 aromatic heterocycles. The van der Waals surface area contributed by atoms with Gasteiger partial charge in [0.15, 0.2) is 15.6 Å². The summed E-state index contributed by atoms with van der Waals surface area (Å²) in [7, 11) is -3.53. The number of hydrogen-bond donors (Lipinski definition) is 1. The summed E-state index contributed by atoms with van der Waals surface area (Å²) in [6.07, 6.45) is 0. The van der Waals surface area contributed by atoms with E-state index in [0.29, 0.717) is 5.69 Å². The van der Waals surface area contributed by atoms with E-state index in [2.05, 4.69) is 21.2 Å². The second-order valence-electron chi connectivity index (χ2n) is 5.76. The molecule has 3 aromatic rings. The van der Waals surface area contributed by atoms with Crippen LogP contribution in [0.25, 0.3) is 0 Å². The van der Waals surface area contributed by atoms with Gasteiger partial charge in [-0.15, -0.1) is 0 Å². The molecule has 0 atom stereocenters. The molecule has 0 aliphatic carbocycles. The van der Waals surface area contributed by atoms with Crippen LogP contribution in [0.4, 0.5) is 5.69 Å². The lowest BCUT2D eigenvalue weighted by Crippen LogP contribution is -2.11. The molecule has 134 valence electrons. The highest BCUT2D eigenvalue weighted by atomic mass is 79.9. The van der Waals surface area contributed by atoms with E-state index >= 15 is 0 Å². The summed E-state index contributed by atoms with van der Waals surface area (Å²) in [5, 5.41) is 2.73. The van der Waals surface area contributed by atoms with Gasteiger partial charge in [-0.05, 0) is 55.0 Å². The van der Waals surface area contributed by atoms with Crippen molar-refractivity contribution in [2.45, 2.75) is 17.6 Å². The molecule has 2 aromatic carbocycles. The maximum atomic E-state index is 12.4. The molecule has 0 bridgehead atoms. The van der Waals surface area contributed by atoms with Gasteiger partial charge >= 0.3 is 0 Å². The summed E-state index contributed by atoms with van der Waals surface area (Å²) in [4.78, 5) is 12.5. The Morgan fingerprint density at radius 3 is 2.50 bits per heavy atom. The Kier molecular flexibility index (Phi) is 5.29. The maximum Gasteiger partial charge on any atom is 0.291 e. The maximum absolute atomic E-state index is 12.4. The fourth-order valence-electron chi connectivity index (χ4n) is 2.39. The van der Waals surface area contributed by atoms with Gasteiger partial charge < -0.3 is 9.73 Å². The van der Waals surface area contributed by atoms with Gasteiger partial charge in [-0.2, -0.15) is 0 Å². The number of carbonyl (C=O) groups excluding carboxylic acids is 1. The third-order valence-electron chi connectivity index (χ3n) is 3.74. The Bertz CT molecular complexity index is 1040. The second-order valence-corrected chi connectivity index (χ2v) is 8.60. The lowest BCUT2D eigenvalue weighted by molar-refractivity contribution is 0.0995. The molecule has 26 heavy (non-hydrogen) atoms. The predicted octanol–water partition coefficient (Wildman–Crippen LogP) is 4.58. The Labute approximate surface area is 160 Å². The number of amides is 1. The van der Waals surface area contributed by atoms with Crippen LogP contribution in [-0.2, 0) is 15.6 Å². The molecule has 1 N–H and O–H groups in total. The SMILES string of the molecule is Cc1cc(NC(=O)c2ccc(CS(=O)(=O)c3ccccc3)o2)ccc1Br. The smallest absolute Gasteiger partial charge is 0.291 e. The lowest BCUT2D eigenvalue weighted by atomic mass is 10.2. The van der Waals surface area contributed by atoms with Crippen LogP contribution in [-0.4, -0.2) is 14.3 Å². The first-order valence-electron chi connectivity index (χ1n) is 7.79. The van der Waals surface area contributed by atoms with Gasteiger partial charge in [-0.25, -0.2) is 8.42 Å². The first-order valence-corrected chi connectivity index (χ1v) is 10.2. The Hall–Kier alpha value is -2.38. The Morgan fingerprint density at radius 2 is 1.81 bits per heavy atom. The van der Waals surface area contributed by atoms with Gasteiger partial charge in [0.25, 0.3) is 5.91 Å². The van der Waals surface area contributed by atoms with Gasteiger partial charge in [-0.3, -0.25) is 4.79 Å². The van der Waals surface area contributed by atoms with Gasteiger partial charge in [0, 0.05) is 10.2 Å². The van der Waals surface area contributed by atoms with Crippen LogP contribution in [0.2, 0.25) is 0 Å². The molecule has 1 heterocycles. The molecule has 3 rings (SSSR count). The van der Waals surface area contributed by atoms with E-state index in [-0.39, 0.29) is 22.2 Å². The number of furan rings is 1. The quantitative estimate of drug-likeness (QED) is 0.638. The average Bonchev–Trinajstić information content (AvgIpc) is 3.07. The number of halogens is 1. The van der Waals surface area contributed by atoms with E-state index in [1.165, 1.54) is 24.3 Å². The molecule has 0 saturated carbocycles. The first kappa shape index (κ1) is 18.4. The van der Waals surface area contributed by atoms with Crippen LogP contribution in [0.1, 0.15) is 21.9 Å². The monoisotopic (exact) mass is 433 g/mol. The average molecular weight is 434 g/mol. The molecule has 0 fully saturated rings. The molecule has 0 spiro atoms. The van der Waals surface area contributed by atoms with Crippen molar-refractivity contribution in [2.75, 3.05) is 5.32 Å². The highest BCUT2D eigenvalue weighted by Crippen LogP contribution is 2.22. The molecule has 0 aliphatic heterocycles. The zero-order chi connectivity index (χ0) is 18.7. The number of hydrogen-bond acceptors (Lipinski definition) is 4. The molecule has 0 saturated heterocycles. The van der Waals surface area contributed by atoms with Crippen LogP contribution in [0.5, 0.6) is 0 Å². The number of nitrogens with one attached hydrogen (secondary N) is 1. The van der Waals surface area contributed by atoms with E-state index in [1.54, 1.807) is 24.3 Å². The van der Waals surface area contributed by atoms with Gasteiger partial charge in [0.1, 0.15) is 11.5 Å². The number of aryl methyl sites for hydroxylation is 1. The predicted molar refractivity (Wildman–Crippen MR) is 103 cm³/mol. The van der Waals surface area contributed by atoms with E-state index in [4.69, 9.17) is 4.42 Å². The van der Waals surface area contributed by atoms with Gasteiger partial charge in [0.2, 0.25) is 0 Å². The summed E-state index contributed by atoms with van der Waals surface area (Å²) in [5.41, 5.74) is 1.61. The van der Waals surface area contributed by atoms with E-state index in [0.717, 1.165) is 10.0 Å². The zero-order valence-electron chi connectivity index (χ0n) is 13.9. The standard InChI is InChI=1S/C19H16BrNO4S/c1-13-11-14(7-9-17(13)20)21-19(22)18-10-8-15(25-18)12-26(23,24)16-5-3-2-4-6-16/h2-11H,12H2,1H3,(H,21,22). The van der Waals surface area contributed by atoms with Crippen LogP contribution >= 0.6 is 15.9 Å². The molecular formula is C19H16BrNO4S. The summed E-state index contributed by atoms with van der Waals surface area (Å²) >= 11 is 3.40. The Balaban J connectivity index is 1.73. The van der Waals surface area contributed by atoms with E-state index < -0.39 is 15.7 Å². The molecule has 7 heteroatoms. The fourth-order valence-corrected chi connectivity index (χ4v) is 3.91. The van der Waals surface area contributed by atoms with Crippen LogP contribution < -0.4 is 5.32 Å². The number of rotatable bonds is 5.